The number of ether oxygens (including phenoxy) is 2. The Labute approximate surface area is 185 Å². The van der Waals surface area contributed by atoms with Gasteiger partial charge in [-0.2, -0.15) is 0 Å². The molecule has 0 radical (unpaired) electrons. The molecule has 2 aromatic carbocycles. The second kappa shape index (κ2) is 9.57. The van der Waals surface area contributed by atoms with Crippen LogP contribution >= 0.6 is 11.3 Å². The number of rotatable bonds is 8. The summed E-state index contributed by atoms with van der Waals surface area (Å²) in [6.45, 7) is 5.13. The van der Waals surface area contributed by atoms with E-state index < -0.39 is 0 Å². The number of anilines is 1. The first-order valence-corrected chi connectivity index (χ1v) is 11.0. The predicted molar refractivity (Wildman–Crippen MR) is 123 cm³/mol. The summed E-state index contributed by atoms with van der Waals surface area (Å²) in [6, 6.07) is 18.8. The van der Waals surface area contributed by atoms with Crippen LogP contribution in [0, 0.1) is 0 Å². The molecule has 1 amide bonds. The lowest BCUT2D eigenvalue weighted by Crippen LogP contribution is -2.30. The van der Waals surface area contributed by atoms with Crippen molar-refractivity contribution < 1.29 is 14.3 Å². The summed E-state index contributed by atoms with van der Waals surface area (Å²) >= 11 is 1.48. The molecule has 0 saturated carbocycles. The van der Waals surface area contributed by atoms with E-state index in [-0.39, 0.29) is 5.91 Å². The van der Waals surface area contributed by atoms with Crippen molar-refractivity contribution >= 4 is 32.6 Å². The molecule has 0 fully saturated rings. The van der Waals surface area contributed by atoms with Crippen LogP contribution in [-0.4, -0.2) is 29.1 Å². The van der Waals surface area contributed by atoms with Crippen LogP contribution in [0.4, 0.5) is 5.13 Å². The van der Waals surface area contributed by atoms with Gasteiger partial charge in [-0.05, 0) is 56.3 Å². The second-order valence-corrected chi connectivity index (χ2v) is 7.71. The molecule has 2 heterocycles. The van der Waals surface area contributed by atoms with Gasteiger partial charge in [0.05, 0.1) is 35.7 Å². The van der Waals surface area contributed by atoms with Gasteiger partial charge in [0.15, 0.2) is 16.6 Å². The zero-order valence-electron chi connectivity index (χ0n) is 17.4. The molecule has 2 aromatic heterocycles. The van der Waals surface area contributed by atoms with Crippen LogP contribution in [0.15, 0.2) is 66.9 Å². The SMILES string of the molecule is CCOc1ccc(C(=O)N(Cc2ccccn2)c2nc3ccccc3s2)cc1OCC. The maximum Gasteiger partial charge on any atom is 0.260 e. The van der Waals surface area contributed by atoms with Crippen LogP contribution in [0.1, 0.15) is 29.9 Å². The number of benzene rings is 2. The van der Waals surface area contributed by atoms with Crippen LogP contribution < -0.4 is 14.4 Å². The lowest BCUT2D eigenvalue weighted by molar-refractivity contribution is 0.0984. The van der Waals surface area contributed by atoms with Gasteiger partial charge >= 0.3 is 0 Å². The maximum absolute atomic E-state index is 13.6. The van der Waals surface area contributed by atoms with Crippen LogP contribution in [0.5, 0.6) is 11.5 Å². The Morgan fingerprint density at radius 2 is 1.74 bits per heavy atom. The molecular formula is C24H23N3O3S. The zero-order chi connectivity index (χ0) is 21.6. The van der Waals surface area contributed by atoms with Gasteiger partial charge in [0.2, 0.25) is 0 Å². The van der Waals surface area contributed by atoms with E-state index in [0.29, 0.717) is 42.0 Å². The Morgan fingerprint density at radius 3 is 2.48 bits per heavy atom. The highest BCUT2D eigenvalue weighted by atomic mass is 32.1. The second-order valence-electron chi connectivity index (χ2n) is 6.70. The molecule has 0 aliphatic heterocycles. The average molecular weight is 434 g/mol. The molecule has 0 atom stereocenters. The Morgan fingerprint density at radius 1 is 0.968 bits per heavy atom. The fourth-order valence-corrected chi connectivity index (χ4v) is 4.16. The van der Waals surface area contributed by atoms with Crippen LogP contribution in [-0.2, 0) is 6.54 Å². The summed E-state index contributed by atoms with van der Waals surface area (Å²) in [5.41, 5.74) is 2.15. The van der Waals surface area contributed by atoms with Crippen molar-refractivity contribution in [2.75, 3.05) is 18.1 Å². The van der Waals surface area contributed by atoms with Crippen LogP contribution in [0.2, 0.25) is 0 Å². The molecule has 6 nitrogen and oxygen atoms in total. The molecule has 0 aliphatic carbocycles. The Hall–Kier alpha value is -3.45. The third kappa shape index (κ3) is 4.67. The standard InChI is InChI=1S/C24H23N3O3S/c1-3-29-20-13-12-17(15-21(20)30-4-2)23(28)27(16-18-9-7-8-14-25-18)24-26-19-10-5-6-11-22(19)31-24/h5-15H,3-4,16H2,1-2H3. The molecule has 7 heteroatoms. The van der Waals surface area contributed by atoms with Gasteiger partial charge in [0, 0.05) is 11.8 Å². The maximum atomic E-state index is 13.6. The molecule has 0 unspecified atom stereocenters. The van der Waals surface area contributed by atoms with E-state index in [1.54, 1.807) is 29.3 Å². The zero-order valence-corrected chi connectivity index (χ0v) is 18.3. The van der Waals surface area contributed by atoms with Crippen molar-refractivity contribution in [3.05, 3.63) is 78.1 Å². The van der Waals surface area contributed by atoms with E-state index in [2.05, 4.69) is 4.98 Å². The van der Waals surface area contributed by atoms with E-state index in [1.165, 1.54) is 11.3 Å². The van der Waals surface area contributed by atoms with Crippen molar-refractivity contribution in [3.8, 4) is 11.5 Å². The Balaban J connectivity index is 1.73. The van der Waals surface area contributed by atoms with Gasteiger partial charge in [-0.3, -0.25) is 14.7 Å². The highest BCUT2D eigenvalue weighted by Crippen LogP contribution is 2.33. The number of para-hydroxylation sites is 1. The summed E-state index contributed by atoms with van der Waals surface area (Å²) < 4.78 is 12.4. The molecule has 0 aliphatic rings. The number of hydrogen-bond acceptors (Lipinski definition) is 6. The molecule has 31 heavy (non-hydrogen) atoms. The summed E-state index contributed by atoms with van der Waals surface area (Å²) in [7, 11) is 0. The molecule has 0 spiro atoms. The van der Waals surface area contributed by atoms with Crippen molar-refractivity contribution in [2.45, 2.75) is 20.4 Å². The summed E-state index contributed by atoms with van der Waals surface area (Å²) in [5.74, 6) is 1.00. The van der Waals surface area contributed by atoms with Crippen molar-refractivity contribution in [2.24, 2.45) is 0 Å². The smallest absolute Gasteiger partial charge is 0.260 e. The van der Waals surface area contributed by atoms with Gasteiger partial charge in [-0.25, -0.2) is 4.98 Å². The average Bonchev–Trinajstić information content (AvgIpc) is 3.23. The monoisotopic (exact) mass is 433 g/mol. The summed E-state index contributed by atoms with van der Waals surface area (Å²) in [6.07, 6.45) is 1.72. The van der Waals surface area contributed by atoms with E-state index >= 15 is 0 Å². The fourth-order valence-electron chi connectivity index (χ4n) is 3.20. The van der Waals surface area contributed by atoms with Crippen LogP contribution in [0.25, 0.3) is 10.2 Å². The molecule has 4 rings (SSSR count). The molecule has 0 bridgehead atoms. The number of carbonyl (C=O) groups is 1. The van der Waals surface area contributed by atoms with Gasteiger partial charge < -0.3 is 9.47 Å². The Kier molecular flexibility index (Phi) is 6.43. The highest BCUT2D eigenvalue weighted by molar-refractivity contribution is 7.22. The number of fused-ring (bicyclic) bond motifs is 1. The number of pyridine rings is 1. The number of amides is 1. The molecule has 158 valence electrons. The van der Waals surface area contributed by atoms with Crippen molar-refractivity contribution in [1.29, 1.82) is 0 Å². The third-order valence-corrected chi connectivity index (χ3v) is 5.65. The molecular weight excluding hydrogens is 410 g/mol. The highest BCUT2D eigenvalue weighted by Gasteiger charge is 2.23. The summed E-state index contributed by atoms with van der Waals surface area (Å²) in [4.78, 5) is 24.4. The number of nitrogens with zero attached hydrogens (tertiary/aromatic N) is 3. The van der Waals surface area contributed by atoms with Gasteiger partial charge in [0.25, 0.3) is 5.91 Å². The first-order chi connectivity index (χ1) is 15.2. The van der Waals surface area contributed by atoms with Crippen molar-refractivity contribution in [3.63, 3.8) is 0 Å². The first kappa shape index (κ1) is 20.8. The largest absolute Gasteiger partial charge is 0.490 e. The van der Waals surface area contributed by atoms with E-state index in [4.69, 9.17) is 14.5 Å². The number of carbonyl (C=O) groups excluding carboxylic acids is 1. The molecule has 0 N–H and O–H groups in total. The minimum Gasteiger partial charge on any atom is -0.490 e. The molecule has 4 aromatic rings. The van der Waals surface area contributed by atoms with E-state index in [9.17, 15) is 4.79 Å². The quantitative estimate of drug-likeness (QED) is 0.375. The van der Waals surface area contributed by atoms with Gasteiger partial charge in [-0.1, -0.05) is 29.5 Å². The minimum absolute atomic E-state index is 0.172. The minimum atomic E-state index is -0.172. The topological polar surface area (TPSA) is 64.5 Å². The van der Waals surface area contributed by atoms with E-state index in [1.807, 2.05) is 56.3 Å². The number of thiazole rings is 1. The number of aromatic nitrogens is 2. The summed E-state index contributed by atoms with van der Waals surface area (Å²) in [5, 5.41) is 0.628. The first-order valence-electron chi connectivity index (χ1n) is 10.2. The predicted octanol–water partition coefficient (Wildman–Crippen LogP) is 5.34. The lowest BCUT2D eigenvalue weighted by Gasteiger charge is -2.20. The lowest BCUT2D eigenvalue weighted by atomic mass is 10.1. The Bertz CT molecular complexity index is 1140. The number of hydrogen-bond donors (Lipinski definition) is 0. The van der Waals surface area contributed by atoms with Gasteiger partial charge in [0.1, 0.15) is 0 Å². The van der Waals surface area contributed by atoms with Crippen molar-refractivity contribution in [1.82, 2.24) is 9.97 Å². The van der Waals surface area contributed by atoms with Crippen LogP contribution in [0.3, 0.4) is 0 Å². The normalized spacial score (nSPS) is 10.8. The fraction of sp³-hybridized carbons (Fsp3) is 0.208. The van der Waals surface area contributed by atoms with Gasteiger partial charge in [-0.15, -0.1) is 0 Å². The van der Waals surface area contributed by atoms with E-state index in [0.717, 1.165) is 15.9 Å². The molecule has 0 saturated heterocycles. The third-order valence-electron chi connectivity index (χ3n) is 4.60.